The number of alkyl halides is 3. The fourth-order valence-corrected chi connectivity index (χ4v) is 4.63. The Morgan fingerprint density at radius 3 is 2.22 bits per heavy atom. The number of allylic oxidation sites excluding steroid dienone is 2. The molecule has 4 rings (SSSR count). The normalized spacial score (nSPS) is 17.1. The Hall–Kier alpha value is -2.62. The van der Waals surface area contributed by atoms with Gasteiger partial charge in [-0.1, -0.05) is 35.3 Å². The molecule has 2 aliphatic rings. The minimum Gasteiger partial charge on any atom is -0.444 e. The molecular formula is C25H21Cl2F4NO4. The molecule has 0 aliphatic carbocycles. The number of ketones is 1. The number of carbonyl (C=O) groups excluding carboxylic acids is 2. The third-order valence-corrected chi connectivity index (χ3v) is 6.35. The number of fused-ring (bicyclic) bond motifs is 2. The average Bonchev–Trinajstić information content (AvgIpc) is 3.11. The Labute approximate surface area is 214 Å². The second-order valence-electron chi connectivity index (χ2n) is 9.67. The number of ether oxygens (including phenoxy) is 2. The SMILES string of the molecule is CC(C)(C)OC(=O)N1CC2(C1)OCc1cc(C(=O)C=C(c3cc(Cl)c(F)c(Cl)c3)C(F)(F)F)ccc12. The van der Waals surface area contributed by atoms with E-state index in [0.717, 1.165) is 17.7 Å². The zero-order valence-electron chi connectivity index (χ0n) is 19.4. The lowest BCUT2D eigenvalue weighted by Crippen LogP contribution is -2.61. The highest BCUT2D eigenvalue weighted by molar-refractivity contribution is 6.35. The third-order valence-electron chi connectivity index (χ3n) is 5.80. The van der Waals surface area contributed by atoms with Gasteiger partial charge in [-0.2, -0.15) is 13.2 Å². The van der Waals surface area contributed by atoms with Crippen molar-refractivity contribution in [3.63, 3.8) is 0 Å². The molecule has 0 atom stereocenters. The van der Waals surface area contributed by atoms with Gasteiger partial charge >= 0.3 is 12.3 Å². The van der Waals surface area contributed by atoms with E-state index in [1.165, 1.54) is 17.0 Å². The van der Waals surface area contributed by atoms with E-state index < -0.39 is 56.3 Å². The van der Waals surface area contributed by atoms with E-state index in [-0.39, 0.29) is 25.3 Å². The van der Waals surface area contributed by atoms with Gasteiger partial charge in [-0.3, -0.25) is 4.79 Å². The number of hydrogen-bond acceptors (Lipinski definition) is 4. The van der Waals surface area contributed by atoms with E-state index in [9.17, 15) is 27.2 Å². The molecular weight excluding hydrogens is 525 g/mol. The van der Waals surface area contributed by atoms with Crippen molar-refractivity contribution in [3.05, 3.63) is 74.5 Å². The van der Waals surface area contributed by atoms with Crippen LogP contribution in [0.2, 0.25) is 10.0 Å². The molecule has 2 aromatic carbocycles. The van der Waals surface area contributed by atoms with Crippen LogP contribution < -0.4 is 0 Å². The molecule has 192 valence electrons. The van der Waals surface area contributed by atoms with Gasteiger partial charge in [-0.05, 0) is 61.7 Å². The maximum atomic E-state index is 13.8. The lowest BCUT2D eigenvalue weighted by atomic mass is 9.84. The van der Waals surface area contributed by atoms with Crippen LogP contribution in [0.5, 0.6) is 0 Å². The molecule has 36 heavy (non-hydrogen) atoms. The molecule has 2 aromatic rings. The number of halogens is 6. The molecule has 0 unspecified atom stereocenters. The summed E-state index contributed by atoms with van der Waals surface area (Å²) in [6.45, 7) is 5.94. The van der Waals surface area contributed by atoms with Crippen molar-refractivity contribution in [1.82, 2.24) is 4.90 Å². The summed E-state index contributed by atoms with van der Waals surface area (Å²) < 4.78 is 66.2. The van der Waals surface area contributed by atoms with E-state index in [0.29, 0.717) is 11.6 Å². The zero-order valence-corrected chi connectivity index (χ0v) is 20.9. The predicted molar refractivity (Wildman–Crippen MR) is 125 cm³/mol. The number of likely N-dealkylation sites (tertiary alicyclic amines) is 1. The number of hydrogen-bond donors (Lipinski definition) is 0. The Bertz CT molecular complexity index is 1250. The molecule has 1 fully saturated rings. The standard InChI is InChI=1S/C25H21Cl2F4NO4/c1-23(2,3)36-22(34)32-11-24(12-32)16-5-4-13(6-15(16)10-35-24)20(33)9-17(25(29,30)31)14-7-18(26)21(28)19(27)8-14/h4-9H,10-12H2,1-3H3. The molecule has 1 saturated heterocycles. The van der Waals surface area contributed by atoms with Gasteiger partial charge in [-0.15, -0.1) is 0 Å². The van der Waals surface area contributed by atoms with Crippen LogP contribution >= 0.6 is 23.2 Å². The molecule has 1 amide bonds. The molecule has 0 aromatic heterocycles. The first-order valence-electron chi connectivity index (χ1n) is 10.8. The number of benzene rings is 2. The Morgan fingerprint density at radius 2 is 1.67 bits per heavy atom. The van der Waals surface area contributed by atoms with Crippen LogP contribution in [0.25, 0.3) is 5.57 Å². The number of amides is 1. The second kappa shape index (κ2) is 9.04. The number of nitrogens with zero attached hydrogens (tertiary/aromatic N) is 1. The van der Waals surface area contributed by atoms with Crippen molar-refractivity contribution < 1.29 is 36.6 Å². The predicted octanol–water partition coefficient (Wildman–Crippen LogP) is 6.94. The highest BCUT2D eigenvalue weighted by atomic mass is 35.5. The summed E-state index contributed by atoms with van der Waals surface area (Å²) in [6, 6.07) is 6.03. The number of rotatable bonds is 3. The van der Waals surface area contributed by atoms with Crippen molar-refractivity contribution >= 4 is 40.7 Å². The summed E-state index contributed by atoms with van der Waals surface area (Å²) in [4.78, 5) is 26.6. The highest BCUT2D eigenvalue weighted by Crippen LogP contribution is 2.44. The van der Waals surface area contributed by atoms with Gasteiger partial charge in [-0.25, -0.2) is 9.18 Å². The van der Waals surface area contributed by atoms with Gasteiger partial charge in [0.2, 0.25) is 0 Å². The first kappa shape index (κ1) is 26.4. The van der Waals surface area contributed by atoms with Gasteiger partial charge < -0.3 is 14.4 Å². The highest BCUT2D eigenvalue weighted by Gasteiger charge is 2.52. The van der Waals surface area contributed by atoms with Crippen LogP contribution in [0.3, 0.4) is 0 Å². The summed E-state index contributed by atoms with van der Waals surface area (Å²) in [5.41, 5.74) is -1.82. The first-order chi connectivity index (χ1) is 16.6. The minimum absolute atomic E-state index is 0.0128. The van der Waals surface area contributed by atoms with Crippen molar-refractivity contribution in [2.45, 2.75) is 44.8 Å². The Balaban J connectivity index is 1.57. The molecule has 2 heterocycles. The largest absolute Gasteiger partial charge is 0.444 e. The molecule has 1 spiro atoms. The minimum atomic E-state index is -4.93. The smallest absolute Gasteiger partial charge is 0.417 e. The summed E-state index contributed by atoms with van der Waals surface area (Å²) >= 11 is 11.3. The van der Waals surface area contributed by atoms with E-state index in [1.54, 1.807) is 26.8 Å². The second-order valence-corrected chi connectivity index (χ2v) is 10.5. The van der Waals surface area contributed by atoms with Crippen LogP contribution in [0.4, 0.5) is 22.4 Å². The van der Waals surface area contributed by atoms with Gasteiger partial charge in [0.25, 0.3) is 0 Å². The maximum Gasteiger partial charge on any atom is 0.417 e. The van der Waals surface area contributed by atoms with Crippen molar-refractivity contribution in [3.8, 4) is 0 Å². The van der Waals surface area contributed by atoms with Crippen LogP contribution in [0, 0.1) is 5.82 Å². The molecule has 0 saturated carbocycles. The lowest BCUT2D eigenvalue weighted by molar-refractivity contribution is -0.137. The van der Waals surface area contributed by atoms with E-state index in [1.807, 2.05) is 0 Å². The third kappa shape index (κ3) is 5.10. The summed E-state index contributed by atoms with van der Waals surface area (Å²) in [5, 5.41) is -1.19. The molecule has 0 N–H and O–H groups in total. The Morgan fingerprint density at radius 1 is 1.06 bits per heavy atom. The average molecular weight is 546 g/mol. The van der Waals surface area contributed by atoms with Crippen molar-refractivity contribution in [1.29, 1.82) is 0 Å². The summed E-state index contributed by atoms with van der Waals surface area (Å²) in [5.74, 6) is -1.96. The van der Waals surface area contributed by atoms with Crippen LogP contribution in [-0.2, 0) is 21.7 Å². The molecule has 11 heteroatoms. The molecule has 5 nitrogen and oxygen atoms in total. The van der Waals surface area contributed by atoms with Gasteiger partial charge in [0.15, 0.2) is 11.6 Å². The van der Waals surface area contributed by atoms with Crippen LogP contribution in [0.1, 0.15) is 47.8 Å². The lowest BCUT2D eigenvalue weighted by Gasteiger charge is -2.47. The van der Waals surface area contributed by atoms with Crippen molar-refractivity contribution in [2.75, 3.05) is 13.1 Å². The molecule has 2 aliphatic heterocycles. The zero-order chi connectivity index (χ0) is 26.6. The fraction of sp³-hybridized carbons (Fsp3) is 0.360. The van der Waals surface area contributed by atoms with E-state index in [2.05, 4.69) is 0 Å². The fourth-order valence-electron chi connectivity index (χ4n) is 4.15. The van der Waals surface area contributed by atoms with Crippen molar-refractivity contribution in [2.24, 2.45) is 0 Å². The quantitative estimate of drug-likeness (QED) is 0.181. The topological polar surface area (TPSA) is 55.8 Å². The maximum absolute atomic E-state index is 13.8. The number of carbonyl (C=O) groups is 2. The van der Waals surface area contributed by atoms with Gasteiger partial charge in [0.05, 0.1) is 35.3 Å². The van der Waals surface area contributed by atoms with E-state index >= 15 is 0 Å². The summed E-state index contributed by atoms with van der Waals surface area (Å²) in [6.07, 6.45) is -4.97. The van der Waals surface area contributed by atoms with Gasteiger partial charge in [0, 0.05) is 5.56 Å². The first-order valence-corrected chi connectivity index (χ1v) is 11.6. The molecule has 0 bridgehead atoms. The van der Waals surface area contributed by atoms with Crippen LogP contribution in [-0.4, -0.2) is 41.6 Å². The Kier molecular flexibility index (Phi) is 6.64. The van der Waals surface area contributed by atoms with Crippen LogP contribution in [0.15, 0.2) is 36.4 Å². The monoisotopic (exact) mass is 545 g/mol. The summed E-state index contributed by atoms with van der Waals surface area (Å²) in [7, 11) is 0. The van der Waals surface area contributed by atoms with Gasteiger partial charge in [0.1, 0.15) is 11.2 Å². The van der Waals surface area contributed by atoms with E-state index in [4.69, 9.17) is 32.7 Å². The molecule has 0 radical (unpaired) electrons.